The van der Waals surface area contributed by atoms with Gasteiger partial charge in [-0.1, -0.05) is 36.4 Å². The van der Waals surface area contributed by atoms with Gasteiger partial charge in [0.2, 0.25) is 0 Å². The Labute approximate surface area is 166 Å². The van der Waals surface area contributed by atoms with Gasteiger partial charge in [-0.3, -0.25) is 5.32 Å². The molecule has 0 atom stereocenters. The summed E-state index contributed by atoms with van der Waals surface area (Å²) >= 11 is 0. The Kier molecular flexibility index (Phi) is 6.14. The van der Waals surface area contributed by atoms with Gasteiger partial charge in [-0.2, -0.15) is 0 Å². The van der Waals surface area contributed by atoms with Gasteiger partial charge in [-0.25, -0.2) is 9.78 Å². The Bertz CT molecular complexity index is 894. The largest absolute Gasteiger partial charge is 0.444 e. The summed E-state index contributed by atoms with van der Waals surface area (Å²) in [6.45, 7) is 5.54. The molecule has 2 N–H and O–H groups in total. The second-order valence-corrected chi connectivity index (χ2v) is 7.80. The van der Waals surface area contributed by atoms with E-state index >= 15 is 0 Å². The fourth-order valence-corrected chi connectivity index (χ4v) is 3.06. The lowest BCUT2D eigenvalue weighted by atomic mass is 9.98. The molecule has 1 amide bonds. The molecule has 0 saturated carbocycles. The number of carbonyl (C=O) groups excluding carboxylic acids is 1. The lowest BCUT2D eigenvalue weighted by Crippen LogP contribution is -2.27. The summed E-state index contributed by atoms with van der Waals surface area (Å²) in [5.74, 6) is 0. The number of aryl methyl sites for hydroxylation is 2. The number of benzene rings is 2. The number of ether oxygens (including phenoxy) is 1. The van der Waals surface area contributed by atoms with Gasteiger partial charge >= 0.3 is 6.09 Å². The number of nitrogens with zero attached hydrogens (tertiary/aromatic N) is 1. The molecule has 1 aromatic heterocycles. The van der Waals surface area contributed by atoms with Crippen LogP contribution in [-0.4, -0.2) is 21.7 Å². The fraction of sp³-hybridized carbons (Fsp3) is 0.304. The molecule has 0 aliphatic heterocycles. The van der Waals surface area contributed by atoms with Crippen molar-refractivity contribution in [2.24, 2.45) is 0 Å². The van der Waals surface area contributed by atoms with Crippen molar-refractivity contribution >= 4 is 11.8 Å². The minimum Gasteiger partial charge on any atom is -0.444 e. The van der Waals surface area contributed by atoms with Crippen molar-refractivity contribution in [1.82, 2.24) is 9.97 Å². The van der Waals surface area contributed by atoms with E-state index in [1.165, 1.54) is 16.7 Å². The molecule has 28 heavy (non-hydrogen) atoms. The summed E-state index contributed by atoms with van der Waals surface area (Å²) in [5.41, 5.74) is 5.05. The van der Waals surface area contributed by atoms with Gasteiger partial charge in [0.1, 0.15) is 5.60 Å². The second-order valence-electron chi connectivity index (χ2n) is 7.80. The number of aromatic amines is 1. The SMILES string of the molecule is CC(C)(C)OC(=O)Nc1ccc(CCCc2ccccc2-c2cnc[nH]2)cc1. The maximum atomic E-state index is 11.8. The third-order valence-corrected chi connectivity index (χ3v) is 4.32. The van der Waals surface area contributed by atoms with E-state index in [4.69, 9.17) is 4.74 Å². The van der Waals surface area contributed by atoms with Crippen molar-refractivity contribution < 1.29 is 9.53 Å². The summed E-state index contributed by atoms with van der Waals surface area (Å²) in [7, 11) is 0. The zero-order valence-electron chi connectivity index (χ0n) is 16.7. The van der Waals surface area contributed by atoms with E-state index in [1.807, 2.05) is 51.2 Å². The van der Waals surface area contributed by atoms with Gasteiger partial charge in [0.05, 0.1) is 18.2 Å². The third-order valence-electron chi connectivity index (χ3n) is 4.32. The van der Waals surface area contributed by atoms with Crippen LogP contribution in [-0.2, 0) is 17.6 Å². The molecule has 0 saturated heterocycles. The zero-order chi connectivity index (χ0) is 20.0. The van der Waals surface area contributed by atoms with E-state index in [9.17, 15) is 4.79 Å². The monoisotopic (exact) mass is 377 g/mol. The highest BCUT2D eigenvalue weighted by Gasteiger charge is 2.16. The molecule has 3 rings (SSSR count). The number of aromatic nitrogens is 2. The van der Waals surface area contributed by atoms with E-state index in [0.29, 0.717) is 0 Å². The highest BCUT2D eigenvalue weighted by molar-refractivity contribution is 5.84. The maximum absolute atomic E-state index is 11.8. The van der Waals surface area contributed by atoms with Crippen LogP contribution in [0.4, 0.5) is 10.5 Å². The topological polar surface area (TPSA) is 67.0 Å². The molecule has 0 fully saturated rings. The van der Waals surface area contributed by atoms with Crippen molar-refractivity contribution in [1.29, 1.82) is 0 Å². The van der Waals surface area contributed by atoms with Crippen LogP contribution in [0.15, 0.2) is 61.1 Å². The predicted octanol–water partition coefficient (Wildman–Crippen LogP) is 5.60. The van der Waals surface area contributed by atoms with E-state index in [2.05, 4.69) is 39.6 Å². The number of hydrogen-bond acceptors (Lipinski definition) is 3. The number of rotatable bonds is 6. The van der Waals surface area contributed by atoms with Crippen molar-refractivity contribution in [2.45, 2.75) is 45.6 Å². The van der Waals surface area contributed by atoms with Crippen LogP contribution in [0.3, 0.4) is 0 Å². The number of amides is 1. The van der Waals surface area contributed by atoms with Gasteiger partial charge in [-0.05, 0) is 63.3 Å². The van der Waals surface area contributed by atoms with Crippen LogP contribution in [0.1, 0.15) is 38.3 Å². The number of imidazole rings is 1. The number of carbonyl (C=O) groups is 1. The fourth-order valence-electron chi connectivity index (χ4n) is 3.06. The molecule has 0 aliphatic carbocycles. The van der Waals surface area contributed by atoms with Crippen LogP contribution in [0, 0.1) is 0 Å². The van der Waals surface area contributed by atoms with Gasteiger partial charge in [0, 0.05) is 11.3 Å². The number of hydrogen-bond donors (Lipinski definition) is 2. The summed E-state index contributed by atoms with van der Waals surface area (Å²) in [5, 5.41) is 2.76. The lowest BCUT2D eigenvalue weighted by molar-refractivity contribution is 0.0636. The molecule has 0 aliphatic rings. The number of anilines is 1. The average Bonchev–Trinajstić information content (AvgIpc) is 3.16. The van der Waals surface area contributed by atoms with E-state index in [0.717, 1.165) is 30.6 Å². The first-order valence-corrected chi connectivity index (χ1v) is 9.56. The smallest absolute Gasteiger partial charge is 0.412 e. The van der Waals surface area contributed by atoms with Gasteiger partial charge in [0.15, 0.2) is 0 Å². The average molecular weight is 377 g/mol. The maximum Gasteiger partial charge on any atom is 0.412 e. The predicted molar refractivity (Wildman–Crippen MR) is 112 cm³/mol. The molecule has 0 radical (unpaired) electrons. The molecule has 1 heterocycles. The summed E-state index contributed by atoms with van der Waals surface area (Å²) in [4.78, 5) is 19.1. The van der Waals surface area contributed by atoms with Crippen molar-refractivity contribution in [2.75, 3.05) is 5.32 Å². The van der Waals surface area contributed by atoms with Gasteiger partial charge in [0.25, 0.3) is 0 Å². The van der Waals surface area contributed by atoms with Crippen molar-refractivity contribution in [3.8, 4) is 11.3 Å². The van der Waals surface area contributed by atoms with Crippen molar-refractivity contribution in [3.63, 3.8) is 0 Å². The molecule has 2 aromatic carbocycles. The quantitative estimate of drug-likeness (QED) is 0.588. The van der Waals surface area contributed by atoms with Crippen LogP contribution in [0.2, 0.25) is 0 Å². The second kappa shape index (κ2) is 8.74. The summed E-state index contributed by atoms with van der Waals surface area (Å²) in [6, 6.07) is 16.4. The molecule has 0 unspecified atom stereocenters. The highest BCUT2D eigenvalue weighted by atomic mass is 16.6. The lowest BCUT2D eigenvalue weighted by Gasteiger charge is -2.19. The Morgan fingerprint density at radius 1 is 1.07 bits per heavy atom. The molecular weight excluding hydrogens is 350 g/mol. The first-order valence-electron chi connectivity index (χ1n) is 9.56. The van der Waals surface area contributed by atoms with Gasteiger partial charge < -0.3 is 9.72 Å². The summed E-state index contributed by atoms with van der Waals surface area (Å²) in [6.07, 6.45) is 6.14. The Balaban J connectivity index is 1.53. The normalized spacial score (nSPS) is 11.2. The molecule has 0 spiro atoms. The molecule has 3 aromatic rings. The van der Waals surface area contributed by atoms with Crippen LogP contribution < -0.4 is 5.32 Å². The van der Waals surface area contributed by atoms with Crippen LogP contribution >= 0.6 is 0 Å². The number of H-pyrrole nitrogens is 1. The molecule has 5 nitrogen and oxygen atoms in total. The molecule has 146 valence electrons. The summed E-state index contributed by atoms with van der Waals surface area (Å²) < 4.78 is 5.27. The third kappa shape index (κ3) is 5.71. The van der Waals surface area contributed by atoms with Crippen LogP contribution in [0.5, 0.6) is 0 Å². The van der Waals surface area contributed by atoms with E-state index in [1.54, 1.807) is 6.33 Å². The Morgan fingerprint density at radius 2 is 1.82 bits per heavy atom. The highest BCUT2D eigenvalue weighted by Crippen LogP contribution is 2.23. The van der Waals surface area contributed by atoms with Gasteiger partial charge in [-0.15, -0.1) is 0 Å². The van der Waals surface area contributed by atoms with E-state index < -0.39 is 11.7 Å². The molecular formula is C23H27N3O2. The van der Waals surface area contributed by atoms with E-state index in [-0.39, 0.29) is 0 Å². The minimum absolute atomic E-state index is 0.435. The molecule has 5 heteroatoms. The Hall–Kier alpha value is -3.08. The standard InChI is InChI=1S/C23H27N3O2/c1-23(2,3)28-22(27)26-19-13-11-17(12-14-19)7-6-9-18-8-4-5-10-20(18)21-15-24-16-25-21/h4-5,8,10-16H,6-7,9H2,1-3H3,(H,24,25)(H,26,27). The first-order chi connectivity index (χ1) is 13.4. The Morgan fingerprint density at radius 3 is 2.50 bits per heavy atom. The minimum atomic E-state index is -0.503. The van der Waals surface area contributed by atoms with Crippen molar-refractivity contribution in [3.05, 3.63) is 72.2 Å². The zero-order valence-corrected chi connectivity index (χ0v) is 16.7. The van der Waals surface area contributed by atoms with Crippen LogP contribution in [0.25, 0.3) is 11.3 Å². The number of nitrogens with one attached hydrogen (secondary N) is 2. The molecule has 0 bridgehead atoms. The first kappa shape index (κ1) is 19.7.